The number of nitrogens with two attached hydrogens (primary N) is 1. The van der Waals surface area contributed by atoms with Crippen molar-refractivity contribution in [2.75, 3.05) is 19.4 Å². The first kappa shape index (κ1) is 16.8. The van der Waals surface area contributed by atoms with E-state index in [1.165, 1.54) is 0 Å². The molecule has 0 saturated heterocycles. The Hall–Kier alpha value is -1.27. The normalized spacial score (nSPS) is 12.8. The van der Waals surface area contributed by atoms with Crippen molar-refractivity contribution >= 4 is 17.7 Å². The third-order valence-corrected chi connectivity index (χ3v) is 4.39. The third kappa shape index (κ3) is 5.38. The molecule has 0 spiro atoms. The fourth-order valence-electron chi connectivity index (χ4n) is 1.46. The number of hydrogen-bond acceptors (Lipinski definition) is 5. The van der Waals surface area contributed by atoms with Gasteiger partial charge in [-0.15, -0.1) is 0 Å². The summed E-state index contributed by atoms with van der Waals surface area (Å²) in [5, 5.41) is 2.84. The number of thioether (sulfide) groups is 1. The molecule has 3 N–H and O–H groups in total. The molecule has 5 nitrogen and oxygen atoms in total. The van der Waals surface area contributed by atoms with E-state index in [1.807, 2.05) is 32.2 Å². The van der Waals surface area contributed by atoms with Crippen LogP contribution in [0, 0.1) is 0 Å². The Morgan fingerprint density at radius 1 is 1.60 bits per heavy atom. The highest BCUT2D eigenvalue weighted by molar-refractivity contribution is 8.00. The number of carbonyl (C=O) groups excluding carboxylic acids is 1. The van der Waals surface area contributed by atoms with E-state index in [0.717, 1.165) is 12.2 Å². The molecule has 1 aromatic rings. The zero-order chi connectivity index (χ0) is 15.0. The number of ether oxygens (including phenoxy) is 1. The highest BCUT2D eigenvalue weighted by Crippen LogP contribution is 2.24. The first-order valence-electron chi connectivity index (χ1n) is 6.58. The van der Waals surface area contributed by atoms with E-state index in [-0.39, 0.29) is 10.7 Å². The molecule has 0 radical (unpaired) electrons. The minimum absolute atomic E-state index is 0.120. The van der Waals surface area contributed by atoms with Gasteiger partial charge in [0.25, 0.3) is 0 Å². The molecule has 112 valence electrons. The second-order valence-electron chi connectivity index (χ2n) is 4.97. The van der Waals surface area contributed by atoms with Crippen LogP contribution in [0.5, 0.6) is 5.75 Å². The molecule has 0 saturated carbocycles. The van der Waals surface area contributed by atoms with Gasteiger partial charge in [-0.2, -0.15) is 11.8 Å². The first-order chi connectivity index (χ1) is 9.47. The van der Waals surface area contributed by atoms with E-state index in [4.69, 9.17) is 10.5 Å². The van der Waals surface area contributed by atoms with Crippen molar-refractivity contribution < 1.29 is 9.53 Å². The van der Waals surface area contributed by atoms with Crippen molar-refractivity contribution in [2.45, 2.75) is 31.1 Å². The smallest absolute Gasteiger partial charge is 0.238 e. The molecule has 0 aliphatic carbocycles. The Bertz CT molecular complexity index is 412. The molecule has 0 aliphatic rings. The third-order valence-electron chi connectivity index (χ3n) is 3.08. The van der Waals surface area contributed by atoms with Gasteiger partial charge in [-0.25, -0.2) is 0 Å². The Kier molecular flexibility index (Phi) is 6.81. The summed E-state index contributed by atoms with van der Waals surface area (Å²) in [4.78, 5) is 15.8. The first-order valence-corrected chi connectivity index (χ1v) is 7.81. The fourth-order valence-corrected chi connectivity index (χ4v) is 1.82. The maximum absolute atomic E-state index is 11.9. The number of rotatable bonds is 8. The summed E-state index contributed by atoms with van der Waals surface area (Å²) in [6.45, 7) is 5.02. The van der Waals surface area contributed by atoms with Gasteiger partial charge in [-0.05, 0) is 38.7 Å². The van der Waals surface area contributed by atoms with Crippen LogP contribution in [-0.2, 0) is 4.79 Å². The van der Waals surface area contributed by atoms with Crippen molar-refractivity contribution in [1.29, 1.82) is 0 Å². The molecule has 0 bridgehead atoms. The van der Waals surface area contributed by atoms with Crippen LogP contribution in [-0.4, -0.2) is 41.1 Å². The van der Waals surface area contributed by atoms with Gasteiger partial charge in [0.1, 0.15) is 5.75 Å². The Morgan fingerprint density at radius 2 is 2.35 bits per heavy atom. The van der Waals surface area contributed by atoms with Crippen molar-refractivity contribution in [3.63, 3.8) is 0 Å². The molecular weight excluding hydrogens is 274 g/mol. The molecule has 1 aromatic heterocycles. The number of pyridine rings is 1. The summed E-state index contributed by atoms with van der Waals surface area (Å²) in [7, 11) is 0. The zero-order valence-corrected chi connectivity index (χ0v) is 13.1. The van der Waals surface area contributed by atoms with E-state index >= 15 is 0 Å². The van der Waals surface area contributed by atoms with Gasteiger partial charge in [-0.3, -0.25) is 9.78 Å². The van der Waals surface area contributed by atoms with Gasteiger partial charge < -0.3 is 15.8 Å². The van der Waals surface area contributed by atoms with Crippen molar-refractivity contribution in [2.24, 2.45) is 5.73 Å². The van der Waals surface area contributed by atoms with Crippen LogP contribution in [0.15, 0.2) is 24.5 Å². The number of aromatic nitrogens is 1. The summed E-state index contributed by atoms with van der Waals surface area (Å²) in [6, 6.07) is 3.15. The number of amides is 1. The summed E-state index contributed by atoms with van der Waals surface area (Å²) in [6.07, 6.45) is 6.04. The number of nitrogens with zero attached hydrogens (tertiary/aromatic N) is 1. The van der Waals surface area contributed by atoms with E-state index in [2.05, 4.69) is 10.3 Å². The van der Waals surface area contributed by atoms with Gasteiger partial charge in [0.2, 0.25) is 5.91 Å². The molecule has 1 amide bonds. The molecule has 1 atom stereocenters. The highest BCUT2D eigenvalue weighted by Gasteiger charge is 2.30. The summed E-state index contributed by atoms with van der Waals surface area (Å²) in [5.74, 6) is 0.616. The lowest BCUT2D eigenvalue weighted by Gasteiger charge is -2.28. The molecule has 0 aliphatic heterocycles. The van der Waals surface area contributed by atoms with E-state index in [0.29, 0.717) is 13.2 Å². The second kappa shape index (κ2) is 8.11. The summed E-state index contributed by atoms with van der Waals surface area (Å²) in [5.41, 5.74) is 5.94. The Balaban J connectivity index is 2.19. The Labute approximate surface area is 124 Å². The molecule has 6 heteroatoms. The molecule has 20 heavy (non-hydrogen) atoms. The van der Waals surface area contributed by atoms with Crippen molar-refractivity contribution in [1.82, 2.24) is 10.3 Å². The van der Waals surface area contributed by atoms with Gasteiger partial charge in [0.05, 0.1) is 18.8 Å². The second-order valence-corrected chi connectivity index (χ2v) is 6.43. The lowest BCUT2D eigenvalue weighted by molar-refractivity contribution is -0.122. The zero-order valence-electron chi connectivity index (χ0n) is 12.3. The maximum atomic E-state index is 11.9. The van der Waals surface area contributed by atoms with Crippen LogP contribution in [0.3, 0.4) is 0 Å². The number of carbonyl (C=O) groups is 1. The van der Waals surface area contributed by atoms with Crippen molar-refractivity contribution in [3.05, 3.63) is 24.5 Å². The van der Waals surface area contributed by atoms with Crippen LogP contribution in [0.25, 0.3) is 0 Å². The summed E-state index contributed by atoms with van der Waals surface area (Å²) < 4.78 is 5.22. The molecule has 0 unspecified atom stereocenters. The van der Waals surface area contributed by atoms with E-state index in [9.17, 15) is 4.79 Å². The van der Waals surface area contributed by atoms with E-state index in [1.54, 1.807) is 24.2 Å². The van der Waals surface area contributed by atoms with Crippen LogP contribution in [0.2, 0.25) is 0 Å². The highest BCUT2D eigenvalue weighted by atomic mass is 32.2. The quantitative estimate of drug-likeness (QED) is 0.710. The van der Waals surface area contributed by atoms with Gasteiger partial charge in [0, 0.05) is 17.5 Å². The number of nitrogens with one attached hydrogen (secondary N) is 1. The minimum Gasteiger partial charge on any atom is -0.492 e. The fraction of sp³-hybridized carbons (Fsp3) is 0.571. The topological polar surface area (TPSA) is 77.2 Å². The average molecular weight is 297 g/mol. The number of hydrogen-bond donors (Lipinski definition) is 2. The standard InChI is InChI=1S/C14H23N3O2S/c1-14(2,20-3)12(15)13(18)17-8-5-9-19-11-6-4-7-16-10-11/h4,6-7,10,12H,5,8-9,15H2,1-3H3,(H,17,18)/t12-/m1/s1. The Morgan fingerprint density at radius 3 is 2.95 bits per heavy atom. The van der Waals surface area contributed by atoms with Crippen LogP contribution >= 0.6 is 11.8 Å². The molecule has 1 heterocycles. The summed E-state index contributed by atoms with van der Waals surface area (Å²) >= 11 is 1.59. The lowest BCUT2D eigenvalue weighted by atomic mass is 10.0. The largest absolute Gasteiger partial charge is 0.492 e. The van der Waals surface area contributed by atoms with Crippen molar-refractivity contribution in [3.8, 4) is 5.75 Å². The predicted molar refractivity (Wildman–Crippen MR) is 82.9 cm³/mol. The van der Waals surface area contributed by atoms with Crippen LogP contribution < -0.4 is 15.8 Å². The SMILES string of the molecule is CSC(C)(C)[C@H](N)C(=O)NCCCOc1cccnc1. The molecule has 0 fully saturated rings. The molecule has 1 rings (SSSR count). The average Bonchev–Trinajstić information content (AvgIpc) is 2.47. The van der Waals surface area contributed by atoms with Gasteiger partial charge in [0.15, 0.2) is 0 Å². The predicted octanol–water partition coefficient (Wildman–Crippen LogP) is 1.44. The van der Waals surface area contributed by atoms with Gasteiger partial charge in [-0.1, -0.05) is 0 Å². The van der Waals surface area contributed by atoms with Crippen LogP contribution in [0.4, 0.5) is 0 Å². The maximum Gasteiger partial charge on any atom is 0.238 e. The van der Waals surface area contributed by atoms with Gasteiger partial charge >= 0.3 is 0 Å². The van der Waals surface area contributed by atoms with Crippen LogP contribution in [0.1, 0.15) is 20.3 Å². The monoisotopic (exact) mass is 297 g/mol. The molecular formula is C14H23N3O2S. The van der Waals surface area contributed by atoms with E-state index < -0.39 is 6.04 Å². The lowest BCUT2D eigenvalue weighted by Crippen LogP contribution is -2.52. The minimum atomic E-state index is -0.517. The molecule has 0 aromatic carbocycles.